The van der Waals surface area contributed by atoms with Gasteiger partial charge in [-0.15, -0.1) is 12.4 Å². The fourth-order valence-corrected chi connectivity index (χ4v) is 1.47. The van der Waals surface area contributed by atoms with Crippen molar-refractivity contribution in [3.05, 3.63) is 23.8 Å². The number of phenolic OH excluding ortho intramolecular Hbond substituents is 1. The van der Waals surface area contributed by atoms with Gasteiger partial charge in [0.05, 0.1) is 0 Å². The van der Waals surface area contributed by atoms with Gasteiger partial charge in [0, 0.05) is 11.6 Å². The molecule has 1 aromatic rings. The molecule has 17 heavy (non-hydrogen) atoms. The van der Waals surface area contributed by atoms with Crippen LogP contribution in [0, 0.1) is 0 Å². The molecule has 1 aromatic carbocycles. The van der Waals surface area contributed by atoms with E-state index in [0.717, 1.165) is 17.7 Å². The van der Waals surface area contributed by atoms with Crippen LogP contribution in [-0.2, 0) is 0 Å². The van der Waals surface area contributed by atoms with Crippen LogP contribution in [0.1, 0.15) is 45.7 Å². The van der Waals surface area contributed by atoms with Crippen LogP contribution in [0.2, 0.25) is 0 Å². The zero-order valence-corrected chi connectivity index (χ0v) is 11.7. The van der Waals surface area contributed by atoms with Crippen LogP contribution in [0.5, 0.6) is 11.5 Å². The van der Waals surface area contributed by atoms with E-state index in [4.69, 9.17) is 10.5 Å². The molecule has 0 saturated carbocycles. The lowest BCUT2D eigenvalue weighted by molar-refractivity contribution is 0.130. The van der Waals surface area contributed by atoms with Crippen LogP contribution in [-0.4, -0.2) is 10.7 Å². The van der Waals surface area contributed by atoms with Crippen LogP contribution in [0.15, 0.2) is 18.2 Å². The molecule has 0 aliphatic rings. The van der Waals surface area contributed by atoms with Crippen LogP contribution in [0.25, 0.3) is 0 Å². The Morgan fingerprint density at radius 2 is 1.94 bits per heavy atom. The maximum Gasteiger partial charge on any atom is 0.120 e. The molecule has 1 atom stereocenters. The van der Waals surface area contributed by atoms with Crippen molar-refractivity contribution in [2.24, 2.45) is 5.73 Å². The van der Waals surface area contributed by atoms with E-state index in [1.165, 1.54) is 0 Å². The van der Waals surface area contributed by atoms with Gasteiger partial charge in [0.15, 0.2) is 0 Å². The van der Waals surface area contributed by atoms with Crippen molar-refractivity contribution in [1.82, 2.24) is 0 Å². The monoisotopic (exact) mass is 259 g/mol. The molecule has 4 heteroatoms. The second-order valence-electron chi connectivity index (χ2n) is 4.95. The molecular formula is C13H22ClNO2. The van der Waals surface area contributed by atoms with Gasteiger partial charge < -0.3 is 15.6 Å². The summed E-state index contributed by atoms with van der Waals surface area (Å²) in [4.78, 5) is 0. The van der Waals surface area contributed by atoms with Gasteiger partial charge in [-0.3, -0.25) is 0 Å². The summed E-state index contributed by atoms with van der Waals surface area (Å²) in [5.41, 5.74) is 6.41. The van der Waals surface area contributed by atoms with E-state index in [9.17, 15) is 5.11 Å². The van der Waals surface area contributed by atoms with Gasteiger partial charge in [0.2, 0.25) is 0 Å². The predicted molar refractivity (Wildman–Crippen MR) is 73.0 cm³/mol. The molecule has 0 spiro atoms. The number of phenols is 1. The van der Waals surface area contributed by atoms with Crippen LogP contribution in [0.4, 0.5) is 0 Å². The quantitative estimate of drug-likeness (QED) is 0.875. The molecule has 3 nitrogen and oxygen atoms in total. The van der Waals surface area contributed by atoms with E-state index in [0.29, 0.717) is 0 Å². The van der Waals surface area contributed by atoms with Crippen molar-refractivity contribution in [2.45, 2.75) is 45.8 Å². The number of rotatable bonds is 3. The lowest BCUT2D eigenvalue weighted by Gasteiger charge is -2.22. The van der Waals surface area contributed by atoms with Gasteiger partial charge in [-0.05, 0) is 45.4 Å². The SMILES string of the molecule is CC[C@H](N)c1cc(OC(C)(C)C)ccc1O.Cl. The third-order valence-electron chi connectivity index (χ3n) is 2.26. The number of benzene rings is 1. The Bertz CT molecular complexity index is 361. The molecule has 1 rings (SSSR count). The highest BCUT2D eigenvalue weighted by molar-refractivity contribution is 5.85. The molecule has 0 radical (unpaired) electrons. The molecule has 0 unspecified atom stereocenters. The molecule has 3 N–H and O–H groups in total. The zero-order chi connectivity index (χ0) is 12.3. The van der Waals surface area contributed by atoms with Gasteiger partial charge in [-0.25, -0.2) is 0 Å². The summed E-state index contributed by atoms with van der Waals surface area (Å²) in [6.07, 6.45) is 0.784. The summed E-state index contributed by atoms with van der Waals surface area (Å²) in [6.45, 7) is 7.94. The minimum Gasteiger partial charge on any atom is -0.508 e. The zero-order valence-electron chi connectivity index (χ0n) is 10.9. The van der Waals surface area contributed by atoms with Crippen molar-refractivity contribution >= 4 is 12.4 Å². The Kier molecular flexibility index (Phi) is 5.79. The number of nitrogens with two attached hydrogens (primary N) is 1. The molecule has 0 amide bonds. The average molecular weight is 260 g/mol. The Labute approximate surface area is 109 Å². The Balaban J connectivity index is 0.00000256. The lowest BCUT2D eigenvalue weighted by Crippen LogP contribution is -2.23. The van der Waals surface area contributed by atoms with Crippen molar-refractivity contribution in [2.75, 3.05) is 0 Å². The minimum absolute atomic E-state index is 0. The smallest absolute Gasteiger partial charge is 0.120 e. The van der Waals surface area contributed by atoms with Crippen molar-refractivity contribution in [3.8, 4) is 11.5 Å². The van der Waals surface area contributed by atoms with E-state index in [1.54, 1.807) is 12.1 Å². The first-order valence-electron chi connectivity index (χ1n) is 5.61. The lowest BCUT2D eigenvalue weighted by atomic mass is 10.0. The highest BCUT2D eigenvalue weighted by Crippen LogP contribution is 2.30. The van der Waals surface area contributed by atoms with Gasteiger partial charge in [0.25, 0.3) is 0 Å². The maximum atomic E-state index is 9.70. The van der Waals surface area contributed by atoms with Crippen LogP contribution < -0.4 is 10.5 Å². The van der Waals surface area contributed by atoms with Gasteiger partial charge in [0.1, 0.15) is 17.1 Å². The Hall–Kier alpha value is -0.930. The number of aromatic hydroxyl groups is 1. The van der Waals surface area contributed by atoms with Crippen LogP contribution >= 0.6 is 12.4 Å². The van der Waals surface area contributed by atoms with E-state index in [2.05, 4.69) is 0 Å². The molecule has 0 fully saturated rings. The van der Waals surface area contributed by atoms with Gasteiger partial charge >= 0.3 is 0 Å². The molecule has 98 valence electrons. The third-order valence-corrected chi connectivity index (χ3v) is 2.26. The molecular weight excluding hydrogens is 238 g/mol. The molecule has 0 saturated heterocycles. The topological polar surface area (TPSA) is 55.5 Å². The second kappa shape index (κ2) is 6.12. The minimum atomic E-state index is -0.245. The standard InChI is InChI=1S/C13H21NO2.ClH/c1-5-11(14)10-8-9(6-7-12(10)15)16-13(2,3)4;/h6-8,11,15H,5,14H2,1-4H3;1H/t11-;/m0./s1. The number of ether oxygens (including phenoxy) is 1. The number of hydrogen-bond donors (Lipinski definition) is 2. The molecule has 0 aromatic heterocycles. The first-order valence-corrected chi connectivity index (χ1v) is 5.61. The van der Waals surface area contributed by atoms with E-state index >= 15 is 0 Å². The fraction of sp³-hybridized carbons (Fsp3) is 0.538. The van der Waals surface area contributed by atoms with E-state index in [-0.39, 0.29) is 29.8 Å². The van der Waals surface area contributed by atoms with E-state index < -0.39 is 0 Å². The molecule has 0 aliphatic heterocycles. The van der Waals surface area contributed by atoms with E-state index in [1.807, 2.05) is 33.8 Å². The Morgan fingerprint density at radius 3 is 2.41 bits per heavy atom. The number of halogens is 1. The summed E-state index contributed by atoms with van der Waals surface area (Å²) < 4.78 is 5.73. The largest absolute Gasteiger partial charge is 0.508 e. The maximum absolute atomic E-state index is 9.70. The van der Waals surface area contributed by atoms with Gasteiger partial charge in [-0.2, -0.15) is 0 Å². The summed E-state index contributed by atoms with van der Waals surface area (Å²) in [7, 11) is 0. The van der Waals surface area contributed by atoms with Crippen molar-refractivity contribution < 1.29 is 9.84 Å². The fourth-order valence-electron chi connectivity index (χ4n) is 1.47. The highest BCUT2D eigenvalue weighted by atomic mass is 35.5. The normalized spacial score (nSPS) is 12.8. The summed E-state index contributed by atoms with van der Waals surface area (Å²) in [6, 6.07) is 5.05. The van der Waals surface area contributed by atoms with Crippen LogP contribution in [0.3, 0.4) is 0 Å². The second-order valence-corrected chi connectivity index (χ2v) is 4.95. The molecule has 0 heterocycles. The number of hydrogen-bond acceptors (Lipinski definition) is 3. The molecule has 0 bridgehead atoms. The first kappa shape index (κ1) is 16.1. The average Bonchev–Trinajstić information content (AvgIpc) is 2.18. The van der Waals surface area contributed by atoms with Crippen molar-refractivity contribution in [1.29, 1.82) is 0 Å². The Morgan fingerprint density at radius 1 is 1.35 bits per heavy atom. The summed E-state index contributed by atoms with van der Waals surface area (Å²) in [5.74, 6) is 0.972. The molecule has 0 aliphatic carbocycles. The highest BCUT2D eigenvalue weighted by Gasteiger charge is 2.15. The summed E-state index contributed by atoms with van der Waals surface area (Å²) in [5, 5.41) is 9.70. The third kappa shape index (κ3) is 4.84. The van der Waals surface area contributed by atoms with Crippen molar-refractivity contribution in [3.63, 3.8) is 0 Å². The summed E-state index contributed by atoms with van der Waals surface area (Å²) >= 11 is 0. The first-order chi connectivity index (χ1) is 7.33. The predicted octanol–water partition coefficient (Wildman–Crippen LogP) is 3.40. The van der Waals surface area contributed by atoms with Gasteiger partial charge in [-0.1, -0.05) is 6.92 Å².